The summed E-state index contributed by atoms with van der Waals surface area (Å²) in [6.45, 7) is 0.347. The number of aliphatic hydroxyl groups is 1. The SMILES string of the molecule is CNC(=O)CCCCCCCCCCCCCCO. The summed E-state index contributed by atoms with van der Waals surface area (Å²) in [5, 5.41) is 11.3. The van der Waals surface area contributed by atoms with Gasteiger partial charge in [-0.1, -0.05) is 64.2 Å². The van der Waals surface area contributed by atoms with Gasteiger partial charge in [-0.05, 0) is 12.8 Å². The number of hydrogen-bond acceptors (Lipinski definition) is 2. The first-order chi connectivity index (χ1) is 9.31. The van der Waals surface area contributed by atoms with Crippen molar-refractivity contribution < 1.29 is 9.90 Å². The second kappa shape index (κ2) is 15.5. The third-order valence-corrected chi connectivity index (χ3v) is 3.59. The molecule has 0 aromatic heterocycles. The Morgan fingerprint density at radius 1 is 0.737 bits per heavy atom. The first-order valence-electron chi connectivity index (χ1n) is 8.12. The van der Waals surface area contributed by atoms with Crippen molar-refractivity contribution in [3.8, 4) is 0 Å². The lowest BCUT2D eigenvalue weighted by molar-refractivity contribution is -0.120. The third-order valence-electron chi connectivity index (χ3n) is 3.59. The van der Waals surface area contributed by atoms with Crippen molar-refractivity contribution in [3.05, 3.63) is 0 Å². The lowest BCUT2D eigenvalue weighted by Gasteiger charge is -2.03. The van der Waals surface area contributed by atoms with Crippen LogP contribution in [0.4, 0.5) is 0 Å². The quantitative estimate of drug-likeness (QED) is 0.472. The van der Waals surface area contributed by atoms with Crippen molar-refractivity contribution >= 4 is 5.91 Å². The predicted octanol–water partition coefficient (Wildman–Crippen LogP) is 3.80. The Bertz CT molecular complexity index is 195. The molecule has 0 saturated heterocycles. The van der Waals surface area contributed by atoms with Gasteiger partial charge in [-0.15, -0.1) is 0 Å². The fourth-order valence-electron chi connectivity index (χ4n) is 2.29. The number of hydrogen-bond donors (Lipinski definition) is 2. The number of aliphatic hydroxyl groups excluding tert-OH is 1. The van der Waals surface area contributed by atoms with Gasteiger partial charge in [0.15, 0.2) is 0 Å². The number of amides is 1. The second-order valence-corrected chi connectivity index (χ2v) is 5.39. The molecule has 0 aliphatic heterocycles. The molecule has 114 valence electrons. The van der Waals surface area contributed by atoms with E-state index in [-0.39, 0.29) is 5.91 Å². The second-order valence-electron chi connectivity index (χ2n) is 5.39. The molecule has 0 rings (SSSR count). The summed E-state index contributed by atoms with van der Waals surface area (Å²) in [6.07, 6.45) is 15.7. The highest BCUT2D eigenvalue weighted by molar-refractivity contribution is 5.75. The highest BCUT2D eigenvalue weighted by atomic mass is 16.2. The normalized spacial score (nSPS) is 10.6. The molecule has 3 heteroatoms. The highest BCUT2D eigenvalue weighted by Gasteiger charge is 1.97. The van der Waals surface area contributed by atoms with Crippen LogP contribution in [-0.2, 0) is 4.79 Å². The molecule has 1 amide bonds. The van der Waals surface area contributed by atoms with Crippen molar-refractivity contribution in [2.45, 2.75) is 83.5 Å². The van der Waals surface area contributed by atoms with E-state index in [2.05, 4.69) is 5.32 Å². The fraction of sp³-hybridized carbons (Fsp3) is 0.938. The number of rotatable bonds is 14. The maximum atomic E-state index is 11.0. The van der Waals surface area contributed by atoms with Gasteiger partial charge in [-0.2, -0.15) is 0 Å². The number of carbonyl (C=O) groups excluding carboxylic acids is 1. The summed E-state index contributed by atoms with van der Waals surface area (Å²) < 4.78 is 0. The van der Waals surface area contributed by atoms with Gasteiger partial charge in [0.05, 0.1) is 0 Å². The Morgan fingerprint density at radius 2 is 1.11 bits per heavy atom. The molecule has 0 bridgehead atoms. The van der Waals surface area contributed by atoms with E-state index in [1.807, 2.05) is 0 Å². The van der Waals surface area contributed by atoms with Crippen molar-refractivity contribution in [1.82, 2.24) is 5.32 Å². The van der Waals surface area contributed by atoms with Crippen molar-refractivity contribution in [2.24, 2.45) is 0 Å². The molecule has 3 nitrogen and oxygen atoms in total. The number of unbranched alkanes of at least 4 members (excludes halogenated alkanes) is 11. The highest BCUT2D eigenvalue weighted by Crippen LogP contribution is 2.12. The maximum Gasteiger partial charge on any atom is 0.219 e. The minimum absolute atomic E-state index is 0.168. The van der Waals surface area contributed by atoms with Crippen LogP contribution < -0.4 is 5.32 Å². The standard InChI is InChI=1S/C16H33NO2/c1-17-16(19)14-12-10-8-6-4-2-3-5-7-9-11-13-15-18/h18H,2-15H2,1H3,(H,17,19). The van der Waals surface area contributed by atoms with Gasteiger partial charge in [0.25, 0.3) is 0 Å². The molecule has 0 aliphatic carbocycles. The van der Waals surface area contributed by atoms with Gasteiger partial charge in [-0.25, -0.2) is 0 Å². The average molecular weight is 271 g/mol. The van der Waals surface area contributed by atoms with E-state index in [1.165, 1.54) is 64.2 Å². The van der Waals surface area contributed by atoms with E-state index in [9.17, 15) is 4.79 Å². The Balaban J connectivity index is 2.97. The van der Waals surface area contributed by atoms with Gasteiger partial charge < -0.3 is 10.4 Å². The van der Waals surface area contributed by atoms with Crippen molar-refractivity contribution in [3.63, 3.8) is 0 Å². The van der Waals surface area contributed by atoms with Crippen LogP contribution in [0.3, 0.4) is 0 Å². The monoisotopic (exact) mass is 271 g/mol. The fourth-order valence-corrected chi connectivity index (χ4v) is 2.29. The summed E-state index contributed by atoms with van der Waals surface area (Å²) in [4.78, 5) is 11.0. The summed E-state index contributed by atoms with van der Waals surface area (Å²) in [7, 11) is 1.70. The van der Waals surface area contributed by atoms with E-state index in [0.717, 1.165) is 12.8 Å². The molecule has 0 saturated carbocycles. The van der Waals surface area contributed by atoms with Crippen LogP contribution in [0, 0.1) is 0 Å². The predicted molar refractivity (Wildman–Crippen MR) is 81.2 cm³/mol. The minimum atomic E-state index is 0.168. The van der Waals surface area contributed by atoms with Crippen LogP contribution in [0.25, 0.3) is 0 Å². The summed E-state index contributed by atoms with van der Waals surface area (Å²) in [5.41, 5.74) is 0. The van der Waals surface area contributed by atoms with E-state index in [1.54, 1.807) is 7.05 Å². The van der Waals surface area contributed by atoms with E-state index in [4.69, 9.17) is 5.11 Å². The molecule has 0 aromatic rings. The zero-order chi connectivity index (χ0) is 14.2. The van der Waals surface area contributed by atoms with Gasteiger partial charge >= 0.3 is 0 Å². The van der Waals surface area contributed by atoms with Crippen LogP contribution in [-0.4, -0.2) is 24.7 Å². The zero-order valence-corrected chi connectivity index (χ0v) is 12.8. The minimum Gasteiger partial charge on any atom is -0.396 e. The first-order valence-corrected chi connectivity index (χ1v) is 8.12. The molecule has 0 spiro atoms. The van der Waals surface area contributed by atoms with Crippen LogP contribution in [0.5, 0.6) is 0 Å². The Labute approximate surface area is 119 Å². The number of carbonyl (C=O) groups is 1. The van der Waals surface area contributed by atoms with Gasteiger partial charge in [-0.3, -0.25) is 4.79 Å². The largest absolute Gasteiger partial charge is 0.396 e. The van der Waals surface area contributed by atoms with Crippen molar-refractivity contribution in [1.29, 1.82) is 0 Å². The Morgan fingerprint density at radius 3 is 1.47 bits per heavy atom. The first kappa shape index (κ1) is 18.4. The summed E-state index contributed by atoms with van der Waals surface area (Å²) >= 11 is 0. The number of nitrogens with one attached hydrogen (secondary N) is 1. The summed E-state index contributed by atoms with van der Waals surface area (Å²) in [5.74, 6) is 0.168. The molecule has 0 heterocycles. The topological polar surface area (TPSA) is 49.3 Å². The smallest absolute Gasteiger partial charge is 0.219 e. The average Bonchev–Trinajstić information content (AvgIpc) is 2.43. The molecule has 0 unspecified atom stereocenters. The van der Waals surface area contributed by atoms with E-state index < -0.39 is 0 Å². The van der Waals surface area contributed by atoms with Gasteiger partial charge in [0.1, 0.15) is 0 Å². The van der Waals surface area contributed by atoms with Crippen LogP contribution in [0.15, 0.2) is 0 Å². The zero-order valence-electron chi connectivity index (χ0n) is 12.8. The molecule has 0 fully saturated rings. The molecule has 0 aromatic carbocycles. The van der Waals surface area contributed by atoms with Crippen LogP contribution in [0.2, 0.25) is 0 Å². The Hall–Kier alpha value is -0.570. The van der Waals surface area contributed by atoms with Gasteiger partial charge in [0.2, 0.25) is 5.91 Å². The van der Waals surface area contributed by atoms with Gasteiger partial charge in [0, 0.05) is 20.1 Å². The third kappa shape index (κ3) is 15.4. The molecule has 2 N–H and O–H groups in total. The lowest BCUT2D eigenvalue weighted by Crippen LogP contribution is -2.16. The van der Waals surface area contributed by atoms with E-state index >= 15 is 0 Å². The van der Waals surface area contributed by atoms with Crippen LogP contribution in [0.1, 0.15) is 83.5 Å². The molecule has 19 heavy (non-hydrogen) atoms. The van der Waals surface area contributed by atoms with Crippen molar-refractivity contribution in [2.75, 3.05) is 13.7 Å². The molecular formula is C16H33NO2. The molecular weight excluding hydrogens is 238 g/mol. The van der Waals surface area contributed by atoms with Crippen LogP contribution >= 0.6 is 0 Å². The molecule has 0 radical (unpaired) electrons. The lowest BCUT2D eigenvalue weighted by atomic mass is 10.0. The summed E-state index contributed by atoms with van der Waals surface area (Å²) in [6, 6.07) is 0. The molecule has 0 aliphatic rings. The van der Waals surface area contributed by atoms with E-state index in [0.29, 0.717) is 13.0 Å². The molecule has 0 atom stereocenters. The Kier molecular flexibility index (Phi) is 15.0. The maximum absolute atomic E-state index is 11.0.